The van der Waals surface area contributed by atoms with Crippen LogP contribution in [0.25, 0.3) is 0 Å². The third-order valence-corrected chi connectivity index (χ3v) is 5.54. The molecule has 136 valence electrons. The van der Waals surface area contributed by atoms with Crippen LogP contribution in [0.15, 0.2) is 29.2 Å². The summed E-state index contributed by atoms with van der Waals surface area (Å²) in [4.78, 5) is 12.3. The summed E-state index contributed by atoms with van der Waals surface area (Å²) in [6.07, 6.45) is -1.57. The number of sulfone groups is 1. The van der Waals surface area contributed by atoms with E-state index in [4.69, 9.17) is 4.74 Å². The number of rotatable bonds is 5. The number of nitrogens with one attached hydrogen (secondary N) is 1. The Labute approximate surface area is 144 Å². The van der Waals surface area contributed by atoms with Crippen molar-refractivity contribution in [3.8, 4) is 0 Å². The highest BCUT2D eigenvalue weighted by Crippen LogP contribution is 2.27. The van der Waals surface area contributed by atoms with Gasteiger partial charge in [0, 0.05) is 0 Å². The second-order valence-corrected chi connectivity index (χ2v) is 9.21. The molecular formula is C17H27NO5S. The van der Waals surface area contributed by atoms with Gasteiger partial charge >= 0.3 is 6.09 Å². The third kappa shape index (κ3) is 4.95. The van der Waals surface area contributed by atoms with Crippen LogP contribution in [0.3, 0.4) is 0 Å². The Morgan fingerprint density at radius 3 is 2.08 bits per heavy atom. The number of benzene rings is 1. The molecule has 0 spiro atoms. The normalized spacial score (nSPS) is 16.1. The first-order valence-electron chi connectivity index (χ1n) is 7.84. The molecular weight excluding hydrogens is 330 g/mol. The lowest BCUT2D eigenvalue weighted by Gasteiger charge is -2.35. The molecule has 0 saturated carbocycles. The predicted molar refractivity (Wildman–Crippen MR) is 92.6 cm³/mol. The summed E-state index contributed by atoms with van der Waals surface area (Å²) < 4.78 is 29.0. The van der Waals surface area contributed by atoms with E-state index in [2.05, 4.69) is 5.32 Å². The van der Waals surface area contributed by atoms with E-state index in [1.54, 1.807) is 53.7 Å². The van der Waals surface area contributed by atoms with Crippen LogP contribution in [-0.4, -0.2) is 37.1 Å². The fraction of sp³-hybridized carbons (Fsp3) is 0.588. The highest BCUT2D eigenvalue weighted by molar-refractivity contribution is 7.91. The van der Waals surface area contributed by atoms with Gasteiger partial charge in [0.15, 0.2) is 9.84 Å². The molecule has 1 rings (SSSR count). The van der Waals surface area contributed by atoms with Gasteiger partial charge in [-0.1, -0.05) is 19.1 Å². The van der Waals surface area contributed by atoms with Crippen LogP contribution >= 0.6 is 0 Å². The zero-order valence-electron chi connectivity index (χ0n) is 15.1. The lowest BCUT2D eigenvalue weighted by molar-refractivity contribution is 0.0285. The summed E-state index contributed by atoms with van der Waals surface area (Å²) in [5.41, 5.74) is -1.20. The number of aliphatic hydroxyl groups excluding tert-OH is 1. The van der Waals surface area contributed by atoms with Crippen LogP contribution in [-0.2, 0) is 20.1 Å². The first-order chi connectivity index (χ1) is 10.8. The van der Waals surface area contributed by atoms with E-state index in [0.29, 0.717) is 5.56 Å². The number of carbonyl (C=O) groups excluding carboxylic acids is 1. The van der Waals surface area contributed by atoms with Crippen LogP contribution in [0.1, 0.15) is 47.1 Å². The Morgan fingerprint density at radius 1 is 1.21 bits per heavy atom. The highest BCUT2D eigenvalue weighted by atomic mass is 32.2. The standard InChI is InChI=1S/C17H27NO5S/c1-7-24(21,22)14-10-8-13(9-11-14)17(6,12(2)19)18-15(20)23-16(3,4)5/h8-12,19H,7H2,1-6H3,(H,18,20)/t12-,17+/m1/s1. The van der Waals surface area contributed by atoms with Gasteiger partial charge in [0.1, 0.15) is 5.60 Å². The SMILES string of the molecule is CCS(=O)(=O)c1ccc([C@@](C)(NC(=O)OC(C)(C)C)[C@@H](C)O)cc1. The molecule has 1 aromatic carbocycles. The Bertz CT molecular complexity index is 674. The maximum atomic E-state index is 12.1. The molecule has 24 heavy (non-hydrogen) atoms. The smallest absolute Gasteiger partial charge is 0.408 e. The van der Waals surface area contributed by atoms with Crippen molar-refractivity contribution in [2.45, 2.75) is 63.7 Å². The quantitative estimate of drug-likeness (QED) is 0.845. The number of carbonyl (C=O) groups is 1. The van der Waals surface area contributed by atoms with Crippen molar-refractivity contribution in [3.63, 3.8) is 0 Å². The third-order valence-electron chi connectivity index (χ3n) is 3.79. The number of aliphatic hydroxyl groups is 1. The first kappa shape index (κ1) is 20.4. The Morgan fingerprint density at radius 2 is 1.71 bits per heavy atom. The van der Waals surface area contributed by atoms with Gasteiger partial charge in [-0.25, -0.2) is 13.2 Å². The molecule has 0 aromatic heterocycles. The second-order valence-electron chi connectivity index (χ2n) is 6.93. The predicted octanol–water partition coefficient (Wildman–Crippen LogP) is 2.60. The van der Waals surface area contributed by atoms with E-state index in [-0.39, 0.29) is 10.6 Å². The van der Waals surface area contributed by atoms with Crippen molar-refractivity contribution < 1.29 is 23.1 Å². The van der Waals surface area contributed by atoms with E-state index in [1.165, 1.54) is 12.1 Å². The first-order valence-corrected chi connectivity index (χ1v) is 9.49. The van der Waals surface area contributed by atoms with Crippen molar-refractivity contribution in [3.05, 3.63) is 29.8 Å². The number of alkyl carbamates (subject to hydrolysis) is 1. The van der Waals surface area contributed by atoms with Crippen LogP contribution in [0.5, 0.6) is 0 Å². The molecule has 0 radical (unpaired) electrons. The van der Waals surface area contributed by atoms with E-state index >= 15 is 0 Å². The molecule has 0 aliphatic carbocycles. The van der Waals surface area contributed by atoms with Crippen molar-refractivity contribution >= 4 is 15.9 Å². The van der Waals surface area contributed by atoms with Gasteiger partial charge in [-0.05, 0) is 52.3 Å². The zero-order valence-corrected chi connectivity index (χ0v) is 15.9. The fourth-order valence-corrected chi connectivity index (χ4v) is 2.99. The summed E-state index contributed by atoms with van der Waals surface area (Å²) in [6, 6.07) is 6.14. The van der Waals surface area contributed by atoms with Gasteiger partial charge in [-0.15, -0.1) is 0 Å². The monoisotopic (exact) mass is 357 g/mol. The van der Waals surface area contributed by atoms with Crippen LogP contribution < -0.4 is 5.32 Å². The fourth-order valence-electron chi connectivity index (χ4n) is 2.11. The van der Waals surface area contributed by atoms with E-state index < -0.39 is 33.2 Å². The molecule has 0 heterocycles. The van der Waals surface area contributed by atoms with Crippen molar-refractivity contribution in [2.24, 2.45) is 0 Å². The second kappa shape index (κ2) is 7.11. The van der Waals surface area contributed by atoms with Crippen molar-refractivity contribution in [1.29, 1.82) is 0 Å². The Kier molecular flexibility index (Phi) is 6.05. The van der Waals surface area contributed by atoms with E-state index in [9.17, 15) is 18.3 Å². The molecule has 0 aliphatic rings. The zero-order chi connectivity index (χ0) is 18.8. The molecule has 0 unspecified atom stereocenters. The molecule has 0 bridgehead atoms. The molecule has 1 aromatic rings. The summed E-state index contributed by atoms with van der Waals surface area (Å²) >= 11 is 0. The van der Waals surface area contributed by atoms with Crippen LogP contribution in [0, 0.1) is 0 Å². The summed E-state index contributed by atoms with van der Waals surface area (Å²) in [7, 11) is -3.30. The Balaban J connectivity index is 3.14. The van der Waals surface area contributed by atoms with E-state index in [1.807, 2.05) is 0 Å². The topological polar surface area (TPSA) is 92.7 Å². The maximum Gasteiger partial charge on any atom is 0.408 e. The molecule has 1 amide bonds. The summed E-state index contributed by atoms with van der Waals surface area (Å²) in [5, 5.41) is 12.8. The van der Waals surface area contributed by atoms with Gasteiger partial charge in [0.2, 0.25) is 0 Å². The summed E-state index contributed by atoms with van der Waals surface area (Å²) in [6.45, 7) is 10.0. The van der Waals surface area contributed by atoms with Crippen LogP contribution in [0.2, 0.25) is 0 Å². The average Bonchev–Trinajstić information content (AvgIpc) is 2.45. The van der Waals surface area contributed by atoms with E-state index in [0.717, 1.165) is 0 Å². The molecule has 2 N–H and O–H groups in total. The molecule has 0 fully saturated rings. The summed E-state index contributed by atoms with van der Waals surface area (Å²) in [5.74, 6) is 0.0101. The average molecular weight is 357 g/mol. The minimum Gasteiger partial charge on any atom is -0.444 e. The molecule has 0 aliphatic heterocycles. The van der Waals surface area contributed by atoms with Crippen molar-refractivity contribution in [1.82, 2.24) is 5.32 Å². The molecule has 7 heteroatoms. The van der Waals surface area contributed by atoms with Gasteiger partial charge in [-0.3, -0.25) is 0 Å². The minimum absolute atomic E-state index is 0.0101. The Hall–Kier alpha value is -1.60. The molecule has 2 atom stereocenters. The number of ether oxygens (including phenoxy) is 1. The minimum atomic E-state index is -3.30. The number of hydrogen-bond donors (Lipinski definition) is 2. The van der Waals surface area contributed by atoms with Gasteiger partial charge < -0.3 is 15.2 Å². The maximum absolute atomic E-state index is 12.1. The van der Waals surface area contributed by atoms with Gasteiger partial charge in [-0.2, -0.15) is 0 Å². The highest BCUT2D eigenvalue weighted by Gasteiger charge is 2.35. The molecule has 0 saturated heterocycles. The van der Waals surface area contributed by atoms with Crippen molar-refractivity contribution in [2.75, 3.05) is 5.75 Å². The number of amides is 1. The lowest BCUT2D eigenvalue weighted by atomic mass is 9.87. The molecule has 6 nitrogen and oxygen atoms in total. The van der Waals surface area contributed by atoms with Gasteiger partial charge in [0.05, 0.1) is 22.3 Å². The van der Waals surface area contributed by atoms with Gasteiger partial charge in [0.25, 0.3) is 0 Å². The van der Waals surface area contributed by atoms with Crippen LogP contribution in [0.4, 0.5) is 4.79 Å². The lowest BCUT2D eigenvalue weighted by Crippen LogP contribution is -2.52. The number of hydrogen-bond acceptors (Lipinski definition) is 5. The largest absolute Gasteiger partial charge is 0.444 e.